The zero-order valence-electron chi connectivity index (χ0n) is 11.4. The minimum absolute atomic E-state index is 0.0160. The van der Waals surface area contributed by atoms with E-state index in [9.17, 15) is 14.9 Å². The van der Waals surface area contributed by atoms with Gasteiger partial charge in [0, 0.05) is 30.9 Å². The summed E-state index contributed by atoms with van der Waals surface area (Å²) in [5.41, 5.74) is 0.656. The van der Waals surface area contributed by atoms with E-state index in [-0.39, 0.29) is 24.2 Å². The number of anilines is 1. The minimum Gasteiger partial charge on any atom is -0.314 e. The summed E-state index contributed by atoms with van der Waals surface area (Å²) in [6.07, 6.45) is 0.953. The molecule has 6 heteroatoms. The molecule has 0 aliphatic rings. The van der Waals surface area contributed by atoms with Gasteiger partial charge in [-0.05, 0) is 25.5 Å². The standard InChI is InChI=1S/C13H19N3O3/c1-4-10(2)14-9-13(17)15(3)11-5-7-12(8-6-11)16(18)19/h5-8,10,14H,4,9H2,1-3H3. The Morgan fingerprint density at radius 3 is 2.47 bits per heavy atom. The third-order valence-corrected chi connectivity index (χ3v) is 3.04. The number of carbonyl (C=O) groups is 1. The highest BCUT2D eigenvalue weighted by Crippen LogP contribution is 2.18. The van der Waals surface area contributed by atoms with Crippen molar-refractivity contribution in [3.05, 3.63) is 34.4 Å². The molecular formula is C13H19N3O3. The van der Waals surface area contributed by atoms with Crippen LogP contribution in [0.3, 0.4) is 0 Å². The van der Waals surface area contributed by atoms with Crippen molar-refractivity contribution in [1.82, 2.24) is 5.32 Å². The van der Waals surface area contributed by atoms with Crippen molar-refractivity contribution < 1.29 is 9.72 Å². The number of carbonyl (C=O) groups excluding carboxylic acids is 1. The molecule has 0 heterocycles. The lowest BCUT2D eigenvalue weighted by Gasteiger charge is -2.19. The second-order valence-corrected chi connectivity index (χ2v) is 4.42. The fourth-order valence-corrected chi connectivity index (χ4v) is 1.47. The number of rotatable bonds is 6. The summed E-state index contributed by atoms with van der Waals surface area (Å²) in [5.74, 6) is -0.0749. The van der Waals surface area contributed by atoms with Crippen LogP contribution in [0.15, 0.2) is 24.3 Å². The molecule has 1 aromatic carbocycles. The summed E-state index contributed by atoms with van der Waals surface area (Å²) in [4.78, 5) is 23.5. The van der Waals surface area contributed by atoms with Gasteiger partial charge in [0.2, 0.25) is 5.91 Å². The molecule has 6 nitrogen and oxygen atoms in total. The van der Waals surface area contributed by atoms with Gasteiger partial charge in [-0.2, -0.15) is 0 Å². The van der Waals surface area contributed by atoms with E-state index in [0.717, 1.165) is 6.42 Å². The van der Waals surface area contributed by atoms with Gasteiger partial charge in [-0.1, -0.05) is 6.92 Å². The highest BCUT2D eigenvalue weighted by atomic mass is 16.6. The Morgan fingerprint density at radius 2 is 2.00 bits per heavy atom. The third-order valence-electron chi connectivity index (χ3n) is 3.04. The van der Waals surface area contributed by atoms with Crippen molar-refractivity contribution in [2.24, 2.45) is 0 Å². The van der Waals surface area contributed by atoms with Gasteiger partial charge in [0.1, 0.15) is 0 Å². The van der Waals surface area contributed by atoms with E-state index < -0.39 is 4.92 Å². The number of nitro benzene ring substituents is 1. The van der Waals surface area contributed by atoms with Gasteiger partial charge in [0.25, 0.3) is 5.69 Å². The van der Waals surface area contributed by atoms with Crippen molar-refractivity contribution >= 4 is 17.3 Å². The van der Waals surface area contributed by atoms with Crippen LogP contribution in [-0.2, 0) is 4.79 Å². The zero-order valence-corrected chi connectivity index (χ0v) is 11.4. The Bertz CT molecular complexity index is 445. The lowest BCUT2D eigenvalue weighted by Crippen LogP contribution is -2.38. The van der Waals surface area contributed by atoms with Crippen molar-refractivity contribution in [1.29, 1.82) is 0 Å². The molecule has 1 amide bonds. The molecule has 104 valence electrons. The largest absolute Gasteiger partial charge is 0.314 e. The summed E-state index contributed by atoms with van der Waals surface area (Å²) < 4.78 is 0. The molecule has 0 spiro atoms. The maximum absolute atomic E-state index is 11.9. The third kappa shape index (κ3) is 4.33. The van der Waals surface area contributed by atoms with E-state index in [0.29, 0.717) is 5.69 Å². The molecule has 0 bridgehead atoms. The molecule has 0 fully saturated rings. The van der Waals surface area contributed by atoms with Gasteiger partial charge in [0.05, 0.1) is 11.5 Å². The molecule has 19 heavy (non-hydrogen) atoms. The predicted octanol–water partition coefficient (Wildman–Crippen LogP) is 1.95. The van der Waals surface area contributed by atoms with Crippen molar-refractivity contribution in [2.45, 2.75) is 26.3 Å². The number of non-ortho nitro benzene ring substituents is 1. The molecule has 1 atom stereocenters. The van der Waals surface area contributed by atoms with Crippen LogP contribution >= 0.6 is 0 Å². The molecule has 1 N–H and O–H groups in total. The van der Waals surface area contributed by atoms with E-state index in [4.69, 9.17) is 0 Å². The Kier molecular flexibility index (Phi) is 5.44. The minimum atomic E-state index is -0.462. The lowest BCUT2D eigenvalue weighted by molar-refractivity contribution is -0.384. The Balaban J connectivity index is 2.63. The highest BCUT2D eigenvalue weighted by molar-refractivity contribution is 5.94. The van der Waals surface area contributed by atoms with Crippen LogP contribution < -0.4 is 10.2 Å². The van der Waals surface area contributed by atoms with Crippen LogP contribution in [0.2, 0.25) is 0 Å². The van der Waals surface area contributed by atoms with Crippen LogP contribution in [0.25, 0.3) is 0 Å². The van der Waals surface area contributed by atoms with Crippen LogP contribution in [0.1, 0.15) is 20.3 Å². The number of likely N-dealkylation sites (N-methyl/N-ethyl adjacent to an activating group) is 1. The van der Waals surface area contributed by atoms with Gasteiger partial charge in [-0.15, -0.1) is 0 Å². The molecule has 1 aromatic rings. The number of nitrogens with one attached hydrogen (secondary N) is 1. The van der Waals surface area contributed by atoms with Crippen LogP contribution in [0.5, 0.6) is 0 Å². The summed E-state index contributed by atoms with van der Waals surface area (Å²) in [7, 11) is 1.65. The normalized spacial score (nSPS) is 11.9. The predicted molar refractivity (Wildman–Crippen MR) is 74.3 cm³/mol. The van der Waals surface area contributed by atoms with Gasteiger partial charge < -0.3 is 10.2 Å². The average molecular weight is 265 g/mol. The van der Waals surface area contributed by atoms with Gasteiger partial charge in [0.15, 0.2) is 0 Å². The number of amides is 1. The zero-order chi connectivity index (χ0) is 14.4. The number of benzene rings is 1. The van der Waals surface area contributed by atoms with Gasteiger partial charge in [-0.3, -0.25) is 14.9 Å². The van der Waals surface area contributed by atoms with E-state index in [2.05, 4.69) is 5.32 Å². The second-order valence-electron chi connectivity index (χ2n) is 4.42. The fourth-order valence-electron chi connectivity index (χ4n) is 1.47. The van der Waals surface area contributed by atoms with Gasteiger partial charge >= 0.3 is 0 Å². The molecule has 1 unspecified atom stereocenters. The first-order valence-electron chi connectivity index (χ1n) is 6.20. The Labute approximate surface area is 112 Å². The summed E-state index contributed by atoms with van der Waals surface area (Å²) in [6, 6.07) is 6.20. The SMILES string of the molecule is CCC(C)NCC(=O)N(C)c1ccc([N+](=O)[O-])cc1. The lowest BCUT2D eigenvalue weighted by atomic mass is 10.2. The van der Waals surface area contributed by atoms with E-state index in [1.54, 1.807) is 19.2 Å². The number of nitrogens with zero attached hydrogens (tertiary/aromatic N) is 2. The van der Waals surface area contributed by atoms with Crippen LogP contribution in [-0.4, -0.2) is 30.5 Å². The number of hydrogen-bond acceptors (Lipinski definition) is 4. The van der Waals surface area contributed by atoms with E-state index >= 15 is 0 Å². The number of hydrogen-bond donors (Lipinski definition) is 1. The molecule has 0 saturated carbocycles. The topological polar surface area (TPSA) is 75.5 Å². The van der Waals surface area contributed by atoms with Gasteiger partial charge in [-0.25, -0.2) is 0 Å². The molecule has 0 aliphatic carbocycles. The maximum atomic E-state index is 11.9. The Morgan fingerprint density at radius 1 is 1.42 bits per heavy atom. The smallest absolute Gasteiger partial charge is 0.269 e. The molecule has 0 radical (unpaired) electrons. The average Bonchev–Trinajstić information content (AvgIpc) is 2.43. The first-order valence-corrected chi connectivity index (χ1v) is 6.20. The maximum Gasteiger partial charge on any atom is 0.269 e. The number of nitro groups is 1. The molecule has 0 saturated heterocycles. The quantitative estimate of drug-likeness (QED) is 0.630. The fraction of sp³-hybridized carbons (Fsp3) is 0.462. The molecule has 0 aromatic heterocycles. The first kappa shape index (κ1) is 15.1. The summed E-state index contributed by atoms with van der Waals surface area (Å²) in [6.45, 7) is 4.31. The summed E-state index contributed by atoms with van der Waals surface area (Å²) in [5, 5.41) is 13.7. The summed E-state index contributed by atoms with van der Waals surface area (Å²) >= 11 is 0. The second kappa shape index (κ2) is 6.84. The first-order chi connectivity index (χ1) is 8.95. The van der Waals surface area contributed by atoms with Crippen LogP contribution in [0, 0.1) is 10.1 Å². The highest BCUT2D eigenvalue weighted by Gasteiger charge is 2.13. The van der Waals surface area contributed by atoms with Crippen molar-refractivity contribution in [3.63, 3.8) is 0 Å². The van der Waals surface area contributed by atoms with Crippen molar-refractivity contribution in [3.8, 4) is 0 Å². The van der Waals surface area contributed by atoms with E-state index in [1.807, 2.05) is 13.8 Å². The molecular weight excluding hydrogens is 246 g/mol. The Hall–Kier alpha value is -1.95. The molecule has 0 aliphatic heterocycles. The molecule has 1 rings (SSSR count). The van der Waals surface area contributed by atoms with Crippen molar-refractivity contribution in [2.75, 3.05) is 18.5 Å². The van der Waals surface area contributed by atoms with Crippen LogP contribution in [0.4, 0.5) is 11.4 Å². The van der Waals surface area contributed by atoms with E-state index in [1.165, 1.54) is 17.0 Å². The monoisotopic (exact) mass is 265 g/mol.